The molecule has 0 aromatic heterocycles. The number of imide groups is 2. The Labute approximate surface area is 137 Å². The monoisotopic (exact) mass is 332 g/mol. The largest absolute Gasteiger partial charge is 0.300 e. The predicted molar refractivity (Wildman–Crippen MR) is 80.2 cm³/mol. The Morgan fingerprint density at radius 1 is 0.583 bits per heavy atom. The van der Waals surface area contributed by atoms with Crippen LogP contribution in [0.5, 0.6) is 0 Å². The number of Topliss-reactive ketones (excluding diaryl/α,β-unsaturated/α-hetero) is 2. The molecule has 0 atom stereocenters. The Balaban J connectivity index is 1.64. The number of carbonyl (C=O) groups is 6. The van der Waals surface area contributed by atoms with Crippen molar-refractivity contribution < 1.29 is 28.8 Å². The van der Waals surface area contributed by atoms with Gasteiger partial charge in [0, 0.05) is 63.1 Å². The quantitative estimate of drug-likeness (QED) is 0.528. The Morgan fingerprint density at radius 2 is 0.875 bits per heavy atom. The lowest BCUT2D eigenvalue weighted by molar-refractivity contribution is -0.139. The minimum atomic E-state index is -0.447. The number of hydrogen-bond donors (Lipinski definition) is 0. The highest BCUT2D eigenvalue weighted by Crippen LogP contribution is 2.08. The molecule has 0 saturated carbocycles. The van der Waals surface area contributed by atoms with Crippen molar-refractivity contribution >= 4 is 35.2 Å². The zero-order valence-electron chi connectivity index (χ0n) is 12.9. The summed E-state index contributed by atoms with van der Waals surface area (Å²) in [6, 6.07) is 0. The van der Waals surface area contributed by atoms with E-state index in [2.05, 4.69) is 0 Å². The molecule has 0 aliphatic carbocycles. The Bertz CT molecular complexity index is 582. The van der Waals surface area contributed by atoms with Gasteiger partial charge in [-0.3, -0.25) is 38.6 Å². The lowest BCUT2D eigenvalue weighted by Gasteiger charge is -2.13. The summed E-state index contributed by atoms with van der Waals surface area (Å²) in [7, 11) is 0. The maximum absolute atomic E-state index is 11.7. The SMILES string of the molecule is O=C(CCC(=O)CCN1C(=O)C=CC1=O)CCN1C(=O)C=CC1=O. The lowest BCUT2D eigenvalue weighted by atomic mass is 10.1. The van der Waals surface area contributed by atoms with Crippen molar-refractivity contribution in [3.8, 4) is 0 Å². The third-order valence-electron chi connectivity index (χ3n) is 3.71. The molecule has 0 N–H and O–H groups in total. The van der Waals surface area contributed by atoms with Crippen molar-refractivity contribution in [3.63, 3.8) is 0 Å². The van der Waals surface area contributed by atoms with Crippen LogP contribution in [0.4, 0.5) is 0 Å². The first-order valence-electron chi connectivity index (χ1n) is 7.49. The van der Waals surface area contributed by atoms with Gasteiger partial charge in [-0.2, -0.15) is 0 Å². The molecule has 0 bridgehead atoms. The van der Waals surface area contributed by atoms with Crippen LogP contribution in [0.15, 0.2) is 24.3 Å². The van der Waals surface area contributed by atoms with Crippen LogP contribution in [-0.2, 0) is 28.8 Å². The summed E-state index contributed by atoms with van der Waals surface area (Å²) >= 11 is 0. The highest BCUT2D eigenvalue weighted by molar-refractivity contribution is 6.13. The fourth-order valence-electron chi connectivity index (χ4n) is 2.30. The Kier molecular flexibility index (Phi) is 5.51. The minimum absolute atomic E-state index is 0.000140. The summed E-state index contributed by atoms with van der Waals surface area (Å²) in [5.74, 6) is -2.25. The maximum Gasteiger partial charge on any atom is 0.253 e. The lowest BCUT2D eigenvalue weighted by Crippen LogP contribution is -2.32. The normalized spacial score (nSPS) is 16.7. The van der Waals surface area contributed by atoms with Gasteiger partial charge in [0.2, 0.25) is 0 Å². The van der Waals surface area contributed by atoms with Gasteiger partial charge in [-0.15, -0.1) is 0 Å². The predicted octanol–water partition coefficient (Wildman–Crippen LogP) is -0.465. The summed E-state index contributed by atoms with van der Waals surface area (Å²) in [5.41, 5.74) is 0. The molecule has 2 rings (SSSR count). The van der Waals surface area contributed by atoms with Crippen LogP contribution in [-0.4, -0.2) is 58.1 Å². The van der Waals surface area contributed by atoms with Crippen LogP contribution in [0, 0.1) is 0 Å². The standard InChI is InChI=1S/C16H16N2O6/c19-11(7-9-17-13(21)3-4-14(17)22)1-2-12(20)8-10-18-15(23)5-6-16(18)24/h3-6H,1-2,7-10H2. The molecule has 0 aromatic carbocycles. The zero-order chi connectivity index (χ0) is 17.7. The van der Waals surface area contributed by atoms with Crippen LogP contribution in [0.1, 0.15) is 25.7 Å². The van der Waals surface area contributed by atoms with Gasteiger partial charge in [0.25, 0.3) is 23.6 Å². The molecule has 0 unspecified atom stereocenters. The van der Waals surface area contributed by atoms with Crippen molar-refractivity contribution in [1.82, 2.24) is 9.80 Å². The molecule has 0 aromatic rings. The molecule has 0 saturated heterocycles. The molecule has 8 heteroatoms. The molecule has 126 valence electrons. The molecule has 0 radical (unpaired) electrons. The molecule has 24 heavy (non-hydrogen) atoms. The topological polar surface area (TPSA) is 109 Å². The van der Waals surface area contributed by atoms with Crippen LogP contribution >= 0.6 is 0 Å². The maximum atomic E-state index is 11.7. The average molecular weight is 332 g/mol. The molecule has 0 fully saturated rings. The van der Waals surface area contributed by atoms with E-state index in [9.17, 15) is 28.8 Å². The minimum Gasteiger partial charge on any atom is -0.300 e. The van der Waals surface area contributed by atoms with E-state index in [0.29, 0.717) is 0 Å². The van der Waals surface area contributed by atoms with Gasteiger partial charge < -0.3 is 0 Å². The van der Waals surface area contributed by atoms with Crippen LogP contribution < -0.4 is 0 Å². The molecular weight excluding hydrogens is 316 g/mol. The van der Waals surface area contributed by atoms with Crippen molar-refractivity contribution in [2.75, 3.05) is 13.1 Å². The van der Waals surface area contributed by atoms with E-state index in [-0.39, 0.29) is 50.3 Å². The fourth-order valence-corrected chi connectivity index (χ4v) is 2.30. The fraction of sp³-hybridized carbons (Fsp3) is 0.375. The number of carbonyl (C=O) groups excluding carboxylic acids is 6. The summed E-state index contributed by atoms with van der Waals surface area (Å²) in [6.45, 7) is 0.000280. The number of amides is 4. The van der Waals surface area contributed by atoms with E-state index >= 15 is 0 Å². The van der Waals surface area contributed by atoms with E-state index in [1.807, 2.05) is 0 Å². The molecular formula is C16H16N2O6. The van der Waals surface area contributed by atoms with Crippen molar-refractivity contribution in [3.05, 3.63) is 24.3 Å². The second-order valence-electron chi connectivity index (χ2n) is 5.40. The second kappa shape index (κ2) is 7.58. The summed E-state index contributed by atoms with van der Waals surface area (Å²) in [6.07, 6.45) is 4.58. The van der Waals surface area contributed by atoms with E-state index in [1.165, 1.54) is 0 Å². The Morgan fingerprint density at radius 3 is 1.17 bits per heavy atom. The van der Waals surface area contributed by atoms with Gasteiger partial charge >= 0.3 is 0 Å². The van der Waals surface area contributed by atoms with Gasteiger partial charge in [0.1, 0.15) is 11.6 Å². The van der Waals surface area contributed by atoms with Crippen molar-refractivity contribution in [1.29, 1.82) is 0 Å². The number of ketones is 2. The smallest absolute Gasteiger partial charge is 0.253 e. The Hall–Kier alpha value is -2.90. The average Bonchev–Trinajstić information content (AvgIpc) is 3.03. The third-order valence-corrected chi connectivity index (χ3v) is 3.71. The van der Waals surface area contributed by atoms with Gasteiger partial charge in [-0.25, -0.2) is 0 Å². The van der Waals surface area contributed by atoms with Crippen LogP contribution in [0.25, 0.3) is 0 Å². The molecule has 2 heterocycles. The highest BCUT2D eigenvalue weighted by Gasteiger charge is 2.25. The molecule has 0 spiro atoms. The third kappa shape index (κ3) is 4.31. The van der Waals surface area contributed by atoms with Crippen LogP contribution in [0.3, 0.4) is 0 Å². The highest BCUT2D eigenvalue weighted by atomic mass is 16.2. The number of rotatable bonds is 9. The van der Waals surface area contributed by atoms with Crippen molar-refractivity contribution in [2.24, 2.45) is 0 Å². The summed E-state index contributed by atoms with van der Waals surface area (Å²) < 4.78 is 0. The molecule has 4 amide bonds. The van der Waals surface area contributed by atoms with Gasteiger partial charge in [-0.1, -0.05) is 0 Å². The van der Waals surface area contributed by atoms with E-state index < -0.39 is 23.6 Å². The number of hydrogen-bond acceptors (Lipinski definition) is 6. The first-order valence-corrected chi connectivity index (χ1v) is 7.49. The van der Waals surface area contributed by atoms with E-state index in [1.54, 1.807) is 0 Å². The van der Waals surface area contributed by atoms with Crippen LogP contribution in [0.2, 0.25) is 0 Å². The van der Waals surface area contributed by atoms with E-state index in [0.717, 1.165) is 34.1 Å². The second-order valence-corrected chi connectivity index (χ2v) is 5.40. The zero-order valence-corrected chi connectivity index (χ0v) is 12.9. The van der Waals surface area contributed by atoms with E-state index in [4.69, 9.17) is 0 Å². The summed E-state index contributed by atoms with van der Waals surface area (Å²) in [5, 5.41) is 0. The van der Waals surface area contributed by atoms with Gasteiger partial charge in [0.15, 0.2) is 0 Å². The van der Waals surface area contributed by atoms with Crippen molar-refractivity contribution in [2.45, 2.75) is 25.7 Å². The molecule has 8 nitrogen and oxygen atoms in total. The molecule has 2 aliphatic heterocycles. The first kappa shape index (κ1) is 17.5. The van der Waals surface area contributed by atoms with Gasteiger partial charge in [0.05, 0.1) is 0 Å². The molecule has 2 aliphatic rings. The van der Waals surface area contributed by atoms with Gasteiger partial charge in [-0.05, 0) is 0 Å². The summed E-state index contributed by atoms with van der Waals surface area (Å²) in [4.78, 5) is 70.7. The first-order chi connectivity index (χ1) is 11.4. The number of nitrogens with zero attached hydrogens (tertiary/aromatic N) is 2.